The van der Waals surface area contributed by atoms with Crippen molar-refractivity contribution >= 4 is 8.25 Å². The van der Waals surface area contributed by atoms with Crippen LogP contribution in [0.15, 0.2) is 0 Å². The molecule has 0 aliphatic heterocycles. The zero-order chi connectivity index (χ0) is 8.41. The molecule has 0 saturated heterocycles. The standard InChI is InChI=1S/C6H14.HO3P/c1-3-5-6-4-2;1-4(2)3/h3-6H2,1-2H3;(H-,1,2,3)/p+1. The molecule has 10 heavy (non-hydrogen) atoms. The highest BCUT2D eigenvalue weighted by Crippen LogP contribution is 1.98. The van der Waals surface area contributed by atoms with Crippen LogP contribution in [0.2, 0.25) is 0 Å². The first-order valence-corrected chi connectivity index (χ1v) is 4.66. The Morgan fingerprint density at radius 3 is 1.40 bits per heavy atom. The maximum absolute atomic E-state index is 8.70. The van der Waals surface area contributed by atoms with E-state index in [0.29, 0.717) is 0 Å². The lowest BCUT2D eigenvalue weighted by atomic mass is 10.2. The van der Waals surface area contributed by atoms with Crippen molar-refractivity contribution < 1.29 is 14.4 Å². The molecule has 0 unspecified atom stereocenters. The fourth-order valence-electron chi connectivity index (χ4n) is 0.500. The molecule has 0 spiro atoms. The highest BCUT2D eigenvalue weighted by atomic mass is 31.1. The molecule has 0 rings (SSSR count). The lowest BCUT2D eigenvalue weighted by Gasteiger charge is -1.86. The molecule has 4 heteroatoms. The SMILES string of the molecule is CCCCCC.O=[P+](O)O. The summed E-state index contributed by atoms with van der Waals surface area (Å²) in [5.41, 5.74) is 0. The summed E-state index contributed by atoms with van der Waals surface area (Å²) in [5.74, 6) is 0. The highest BCUT2D eigenvalue weighted by molar-refractivity contribution is 7.30. The van der Waals surface area contributed by atoms with Gasteiger partial charge in [-0.25, -0.2) is 0 Å². The van der Waals surface area contributed by atoms with Crippen LogP contribution in [0.4, 0.5) is 0 Å². The zero-order valence-corrected chi connectivity index (χ0v) is 7.47. The molecule has 0 saturated carbocycles. The Balaban J connectivity index is 0. The smallest absolute Gasteiger partial charge is 0.134 e. The molecule has 0 radical (unpaired) electrons. The van der Waals surface area contributed by atoms with E-state index in [1.54, 1.807) is 0 Å². The normalized spacial score (nSPS) is 8.00. The van der Waals surface area contributed by atoms with Crippen LogP contribution >= 0.6 is 8.25 Å². The number of hydrogen-bond donors (Lipinski definition) is 2. The largest absolute Gasteiger partial charge is 0.692 e. The van der Waals surface area contributed by atoms with Gasteiger partial charge in [0, 0.05) is 4.57 Å². The molecule has 0 aromatic carbocycles. The molecule has 2 N–H and O–H groups in total. The average molecular weight is 167 g/mol. The first-order chi connectivity index (χ1) is 4.65. The van der Waals surface area contributed by atoms with Gasteiger partial charge in [-0.2, -0.15) is 0 Å². The predicted octanol–water partition coefficient (Wildman–Crippen LogP) is 2.22. The fraction of sp³-hybridized carbons (Fsp3) is 1.00. The van der Waals surface area contributed by atoms with E-state index in [1.165, 1.54) is 25.7 Å². The molecule has 0 aliphatic rings. The van der Waals surface area contributed by atoms with Gasteiger partial charge < -0.3 is 0 Å². The van der Waals surface area contributed by atoms with E-state index in [0.717, 1.165) is 0 Å². The quantitative estimate of drug-likeness (QED) is 0.500. The molecule has 0 fully saturated rings. The van der Waals surface area contributed by atoms with Gasteiger partial charge in [-0.05, 0) is 0 Å². The van der Waals surface area contributed by atoms with Gasteiger partial charge in [0.05, 0.1) is 0 Å². The van der Waals surface area contributed by atoms with E-state index in [9.17, 15) is 0 Å². The van der Waals surface area contributed by atoms with Crippen molar-refractivity contribution in [3.63, 3.8) is 0 Å². The summed E-state index contributed by atoms with van der Waals surface area (Å²) in [6.07, 6.45) is 5.54. The van der Waals surface area contributed by atoms with Crippen LogP contribution in [0.25, 0.3) is 0 Å². The van der Waals surface area contributed by atoms with E-state index in [2.05, 4.69) is 13.8 Å². The third-order valence-electron chi connectivity index (χ3n) is 0.957. The van der Waals surface area contributed by atoms with E-state index >= 15 is 0 Å². The van der Waals surface area contributed by atoms with Crippen LogP contribution < -0.4 is 0 Å². The van der Waals surface area contributed by atoms with Gasteiger partial charge in [0.25, 0.3) is 0 Å². The zero-order valence-electron chi connectivity index (χ0n) is 6.58. The van der Waals surface area contributed by atoms with E-state index < -0.39 is 8.25 Å². The summed E-state index contributed by atoms with van der Waals surface area (Å²) in [5, 5.41) is 0. The Morgan fingerprint density at radius 2 is 1.30 bits per heavy atom. The molecule has 0 aromatic rings. The second-order valence-corrected chi connectivity index (χ2v) is 2.47. The second kappa shape index (κ2) is 11.8. The van der Waals surface area contributed by atoms with Crippen LogP contribution in [0, 0.1) is 0 Å². The minimum absolute atomic E-state index is 1.36. The molecule has 0 amide bonds. The number of unbranched alkanes of at least 4 members (excludes halogenated alkanes) is 3. The lowest BCUT2D eigenvalue weighted by Crippen LogP contribution is -1.66. The maximum Gasteiger partial charge on any atom is 0.692 e. The molecular formula is C6H16O3P+. The fourth-order valence-corrected chi connectivity index (χ4v) is 0.500. The minimum Gasteiger partial charge on any atom is -0.134 e. The van der Waals surface area contributed by atoms with Crippen molar-refractivity contribution in [1.82, 2.24) is 0 Å². The Kier molecular flexibility index (Phi) is 14.9. The molecule has 0 heterocycles. The average Bonchev–Trinajstić information content (AvgIpc) is 1.82. The molecular weight excluding hydrogens is 151 g/mol. The topological polar surface area (TPSA) is 57.5 Å². The molecule has 0 atom stereocenters. The van der Waals surface area contributed by atoms with E-state index in [1.807, 2.05) is 0 Å². The Morgan fingerprint density at radius 1 is 1.10 bits per heavy atom. The van der Waals surface area contributed by atoms with E-state index in [4.69, 9.17) is 14.4 Å². The molecule has 0 aromatic heterocycles. The Hall–Kier alpha value is 0.0200. The Bertz CT molecular complexity index is 67.4. The summed E-state index contributed by atoms with van der Waals surface area (Å²) >= 11 is 0. The van der Waals surface area contributed by atoms with E-state index in [-0.39, 0.29) is 0 Å². The summed E-state index contributed by atoms with van der Waals surface area (Å²) < 4.78 is 8.70. The first kappa shape index (κ1) is 12.7. The third-order valence-corrected chi connectivity index (χ3v) is 0.957. The van der Waals surface area contributed by atoms with Crippen LogP contribution in [0.1, 0.15) is 39.5 Å². The summed E-state index contributed by atoms with van der Waals surface area (Å²) in [6, 6.07) is 0. The van der Waals surface area contributed by atoms with Gasteiger partial charge in [0.15, 0.2) is 0 Å². The summed E-state index contributed by atoms with van der Waals surface area (Å²) in [6.45, 7) is 4.46. The van der Waals surface area contributed by atoms with Gasteiger partial charge in [0.2, 0.25) is 0 Å². The van der Waals surface area contributed by atoms with Gasteiger partial charge in [0.1, 0.15) is 0 Å². The lowest BCUT2D eigenvalue weighted by molar-refractivity contribution is 0.405. The monoisotopic (exact) mass is 167 g/mol. The highest BCUT2D eigenvalue weighted by Gasteiger charge is 1.93. The van der Waals surface area contributed by atoms with Crippen molar-refractivity contribution in [3.8, 4) is 0 Å². The third kappa shape index (κ3) is 43.3. The van der Waals surface area contributed by atoms with Crippen LogP contribution in [0.5, 0.6) is 0 Å². The molecule has 0 aliphatic carbocycles. The van der Waals surface area contributed by atoms with Crippen molar-refractivity contribution in [1.29, 1.82) is 0 Å². The van der Waals surface area contributed by atoms with Crippen LogP contribution in [-0.4, -0.2) is 9.79 Å². The summed E-state index contributed by atoms with van der Waals surface area (Å²) in [7, 11) is -2.87. The maximum atomic E-state index is 8.70. The summed E-state index contributed by atoms with van der Waals surface area (Å²) in [4.78, 5) is 14.2. The van der Waals surface area contributed by atoms with Crippen molar-refractivity contribution in [2.45, 2.75) is 39.5 Å². The van der Waals surface area contributed by atoms with Crippen molar-refractivity contribution in [2.24, 2.45) is 0 Å². The Labute approximate surface area is 63.0 Å². The molecule has 3 nitrogen and oxygen atoms in total. The van der Waals surface area contributed by atoms with Crippen LogP contribution in [0.3, 0.4) is 0 Å². The number of rotatable bonds is 3. The molecule has 62 valence electrons. The van der Waals surface area contributed by atoms with Gasteiger partial charge in [-0.15, -0.1) is 9.79 Å². The van der Waals surface area contributed by atoms with Crippen molar-refractivity contribution in [3.05, 3.63) is 0 Å². The predicted molar refractivity (Wildman–Crippen MR) is 41.9 cm³/mol. The molecule has 0 bridgehead atoms. The van der Waals surface area contributed by atoms with Gasteiger partial charge in [-0.1, -0.05) is 39.5 Å². The minimum atomic E-state index is -2.87. The first-order valence-electron chi connectivity index (χ1n) is 3.50. The van der Waals surface area contributed by atoms with Crippen molar-refractivity contribution in [2.75, 3.05) is 0 Å². The number of hydrogen-bond acceptors (Lipinski definition) is 1. The second-order valence-electron chi connectivity index (χ2n) is 1.96. The van der Waals surface area contributed by atoms with Gasteiger partial charge in [-0.3, -0.25) is 0 Å². The van der Waals surface area contributed by atoms with Crippen LogP contribution in [-0.2, 0) is 4.57 Å². The van der Waals surface area contributed by atoms with Gasteiger partial charge >= 0.3 is 8.25 Å².